The zero-order valence-corrected chi connectivity index (χ0v) is 9.43. The van der Waals surface area contributed by atoms with Gasteiger partial charge >= 0.3 is 11.9 Å². The molecule has 3 heterocycles. The van der Waals surface area contributed by atoms with Gasteiger partial charge in [0, 0.05) is 0 Å². The van der Waals surface area contributed by atoms with Gasteiger partial charge in [0.25, 0.3) is 0 Å². The summed E-state index contributed by atoms with van der Waals surface area (Å²) in [5, 5.41) is 0. The van der Waals surface area contributed by atoms with Crippen molar-refractivity contribution in [3.05, 3.63) is 12.2 Å². The second kappa shape index (κ2) is 2.99. The topological polar surface area (TPSA) is 52.6 Å². The first-order chi connectivity index (χ1) is 8.21. The van der Waals surface area contributed by atoms with E-state index in [0.29, 0.717) is 18.3 Å². The first-order valence-corrected chi connectivity index (χ1v) is 6.26. The van der Waals surface area contributed by atoms with Gasteiger partial charge in [-0.05, 0) is 31.1 Å². The SMILES string of the molecule is O=C1CC2(CC3OC2C2CC=CCC32)C(=O)O1. The van der Waals surface area contributed by atoms with Crippen molar-refractivity contribution in [3.63, 3.8) is 0 Å². The normalized spacial score (nSPS) is 51.1. The van der Waals surface area contributed by atoms with Crippen LogP contribution in [0.1, 0.15) is 25.7 Å². The van der Waals surface area contributed by atoms with Crippen LogP contribution >= 0.6 is 0 Å². The molecule has 0 aromatic rings. The quantitative estimate of drug-likeness (QED) is 0.359. The molecule has 17 heavy (non-hydrogen) atoms. The average molecular weight is 234 g/mol. The Hall–Kier alpha value is -1.16. The highest BCUT2D eigenvalue weighted by Gasteiger charge is 2.68. The third kappa shape index (κ3) is 1.07. The number of ether oxygens (including phenoxy) is 2. The third-order valence-electron chi connectivity index (χ3n) is 4.90. The van der Waals surface area contributed by atoms with Crippen molar-refractivity contribution >= 4 is 11.9 Å². The molecule has 5 atom stereocenters. The number of rotatable bonds is 0. The number of carbonyl (C=O) groups is 2. The van der Waals surface area contributed by atoms with E-state index < -0.39 is 5.41 Å². The van der Waals surface area contributed by atoms with Gasteiger partial charge in [-0.2, -0.15) is 0 Å². The van der Waals surface area contributed by atoms with Gasteiger partial charge in [-0.25, -0.2) is 0 Å². The van der Waals surface area contributed by atoms with E-state index >= 15 is 0 Å². The maximum atomic E-state index is 11.9. The molecule has 0 aromatic heterocycles. The van der Waals surface area contributed by atoms with Crippen LogP contribution in [0.15, 0.2) is 12.2 Å². The molecule has 4 heteroatoms. The second-order valence-electron chi connectivity index (χ2n) is 5.66. The Labute approximate surface area is 99.0 Å². The minimum absolute atomic E-state index is 0.0959. The maximum Gasteiger partial charge on any atom is 0.323 e. The largest absolute Gasteiger partial charge is 0.393 e. The Bertz CT molecular complexity index is 441. The fraction of sp³-hybridized carbons (Fsp3) is 0.692. The molecule has 1 aliphatic carbocycles. The smallest absolute Gasteiger partial charge is 0.323 e. The van der Waals surface area contributed by atoms with Gasteiger partial charge in [0.05, 0.1) is 18.6 Å². The summed E-state index contributed by atoms with van der Waals surface area (Å²) in [6.07, 6.45) is 7.34. The van der Waals surface area contributed by atoms with E-state index in [0.717, 1.165) is 12.8 Å². The van der Waals surface area contributed by atoms with Crippen molar-refractivity contribution in [2.45, 2.75) is 37.9 Å². The summed E-state index contributed by atoms with van der Waals surface area (Å²) in [7, 11) is 0. The monoisotopic (exact) mass is 234 g/mol. The summed E-state index contributed by atoms with van der Waals surface area (Å²) >= 11 is 0. The van der Waals surface area contributed by atoms with Crippen LogP contribution in [0.25, 0.3) is 0 Å². The number of hydrogen-bond donors (Lipinski definition) is 0. The van der Waals surface area contributed by atoms with Crippen molar-refractivity contribution < 1.29 is 19.1 Å². The Morgan fingerprint density at radius 3 is 2.65 bits per heavy atom. The summed E-state index contributed by atoms with van der Waals surface area (Å²) in [5.41, 5.74) is -0.645. The molecule has 0 N–H and O–H groups in total. The van der Waals surface area contributed by atoms with E-state index in [9.17, 15) is 9.59 Å². The van der Waals surface area contributed by atoms with Crippen LogP contribution in [0, 0.1) is 17.3 Å². The van der Waals surface area contributed by atoms with Crippen molar-refractivity contribution in [1.82, 2.24) is 0 Å². The first kappa shape index (κ1) is 9.83. The number of hydrogen-bond acceptors (Lipinski definition) is 4. The number of allylic oxidation sites excluding steroid dienone is 2. The molecule has 4 aliphatic rings. The fourth-order valence-electron chi connectivity index (χ4n) is 4.18. The number of fused-ring (bicyclic) bond motifs is 6. The van der Waals surface area contributed by atoms with Crippen molar-refractivity contribution in [3.8, 4) is 0 Å². The Balaban J connectivity index is 1.72. The van der Waals surface area contributed by atoms with Gasteiger partial charge in [0.2, 0.25) is 0 Å². The van der Waals surface area contributed by atoms with Crippen molar-refractivity contribution in [1.29, 1.82) is 0 Å². The average Bonchev–Trinajstić information content (AvgIpc) is 2.93. The number of cyclic esters (lactones) is 2. The molecule has 3 fully saturated rings. The van der Waals surface area contributed by atoms with Gasteiger partial charge in [0.1, 0.15) is 5.41 Å². The standard InChI is InChI=1S/C13H14O4/c14-10-6-13(12(15)17-10)5-9-7-3-1-2-4-8(7)11(13)16-9/h1-2,7-9,11H,3-6H2. The number of esters is 2. The molecule has 0 radical (unpaired) electrons. The summed E-state index contributed by atoms with van der Waals surface area (Å²) in [4.78, 5) is 23.3. The molecule has 3 aliphatic heterocycles. The summed E-state index contributed by atoms with van der Waals surface area (Å²) in [6, 6.07) is 0. The lowest BCUT2D eigenvalue weighted by Crippen LogP contribution is -2.45. The first-order valence-electron chi connectivity index (χ1n) is 6.26. The Kier molecular flexibility index (Phi) is 1.73. The summed E-state index contributed by atoms with van der Waals surface area (Å²) in [5.74, 6) is 0.216. The van der Waals surface area contributed by atoms with Crippen molar-refractivity contribution in [2.75, 3.05) is 0 Å². The Morgan fingerprint density at radius 1 is 1.18 bits per heavy atom. The second-order valence-corrected chi connectivity index (χ2v) is 5.66. The van der Waals surface area contributed by atoms with E-state index in [1.807, 2.05) is 0 Å². The summed E-state index contributed by atoms with van der Waals surface area (Å²) in [6.45, 7) is 0. The molecule has 4 rings (SSSR count). The van der Waals surface area contributed by atoms with Gasteiger partial charge in [-0.1, -0.05) is 12.2 Å². The van der Waals surface area contributed by atoms with E-state index in [-0.39, 0.29) is 30.6 Å². The van der Waals surface area contributed by atoms with Crippen LogP contribution in [0.5, 0.6) is 0 Å². The van der Waals surface area contributed by atoms with Crippen LogP contribution < -0.4 is 0 Å². The van der Waals surface area contributed by atoms with Crippen LogP contribution in [0.2, 0.25) is 0 Å². The molecule has 0 aromatic carbocycles. The molecule has 0 saturated carbocycles. The Morgan fingerprint density at radius 2 is 1.94 bits per heavy atom. The molecule has 1 spiro atoms. The van der Waals surface area contributed by atoms with Crippen LogP contribution in [0.3, 0.4) is 0 Å². The fourth-order valence-corrected chi connectivity index (χ4v) is 4.18. The van der Waals surface area contributed by atoms with Gasteiger partial charge < -0.3 is 9.47 Å². The molecule has 0 amide bonds. The maximum absolute atomic E-state index is 11.9. The van der Waals surface area contributed by atoms with Crippen LogP contribution in [-0.2, 0) is 19.1 Å². The summed E-state index contributed by atoms with van der Waals surface area (Å²) < 4.78 is 10.7. The minimum atomic E-state index is -0.645. The highest BCUT2D eigenvalue weighted by atomic mass is 16.6. The van der Waals surface area contributed by atoms with Crippen LogP contribution in [0.4, 0.5) is 0 Å². The third-order valence-corrected chi connectivity index (χ3v) is 4.90. The molecule has 4 nitrogen and oxygen atoms in total. The van der Waals surface area contributed by atoms with Gasteiger partial charge in [-0.15, -0.1) is 0 Å². The van der Waals surface area contributed by atoms with E-state index in [1.54, 1.807) is 0 Å². The predicted octanol–water partition coefficient (Wildman–Crippen LogP) is 1.20. The lowest BCUT2D eigenvalue weighted by molar-refractivity contribution is -0.156. The van der Waals surface area contributed by atoms with Crippen LogP contribution in [-0.4, -0.2) is 24.1 Å². The minimum Gasteiger partial charge on any atom is -0.393 e. The molecule has 90 valence electrons. The lowest BCUT2D eigenvalue weighted by atomic mass is 9.62. The predicted molar refractivity (Wildman–Crippen MR) is 56.8 cm³/mol. The highest BCUT2D eigenvalue weighted by Crippen LogP contribution is 2.59. The van der Waals surface area contributed by atoms with E-state index in [2.05, 4.69) is 12.2 Å². The highest BCUT2D eigenvalue weighted by molar-refractivity contribution is 5.98. The molecule has 5 unspecified atom stereocenters. The van der Waals surface area contributed by atoms with Gasteiger partial charge in [-0.3, -0.25) is 9.59 Å². The molecule has 3 saturated heterocycles. The lowest BCUT2D eigenvalue weighted by Gasteiger charge is -2.37. The molecular weight excluding hydrogens is 220 g/mol. The zero-order valence-electron chi connectivity index (χ0n) is 9.43. The zero-order chi connectivity index (χ0) is 11.6. The van der Waals surface area contributed by atoms with E-state index in [1.165, 1.54) is 0 Å². The molecule has 2 bridgehead atoms. The van der Waals surface area contributed by atoms with E-state index in [4.69, 9.17) is 9.47 Å². The van der Waals surface area contributed by atoms with Crippen molar-refractivity contribution in [2.24, 2.45) is 17.3 Å². The number of carbonyl (C=O) groups excluding carboxylic acids is 2. The molecular formula is C13H14O4. The van der Waals surface area contributed by atoms with Gasteiger partial charge in [0.15, 0.2) is 0 Å².